The molecule has 2 aromatic rings. The maximum atomic E-state index is 10.6. The molecule has 1 N–H and O–H groups in total. The van der Waals surface area contributed by atoms with E-state index in [1.807, 2.05) is 0 Å². The second-order valence-electron chi connectivity index (χ2n) is 4.01. The minimum Gasteiger partial charge on any atom is -0.493 e. The second-order valence-corrected chi connectivity index (χ2v) is 4.01. The summed E-state index contributed by atoms with van der Waals surface area (Å²) in [6.45, 7) is 0. The molecule has 0 fully saturated rings. The zero-order chi connectivity index (χ0) is 15.2. The zero-order valence-corrected chi connectivity index (χ0v) is 11.1. The van der Waals surface area contributed by atoms with E-state index in [-0.39, 0.29) is 5.69 Å². The summed E-state index contributed by atoms with van der Waals surface area (Å²) in [4.78, 5) is 10.1. The first-order valence-corrected chi connectivity index (χ1v) is 5.92. The minimum absolute atomic E-state index is 0.0104. The van der Waals surface area contributed by atoms with Gasteiger partial charge in [0.2, 0.25) is 0 Å². The highest BCUT2D eigenvalue weighted by molar-refractivity contribution is 5.80. The summed E-state index contributed by atoms with van der Waals surface area (Å²) in [5.41, 5.74) is 0.634. The molecule has 0 saturated carbocycles. The molecule has 0 spiro atoms. The van der Waals surface area contributed by atoms with E-state index in [9.17, 15) is 10.1 Å². The lowest BCUT2D eigenvalue weighted by Crippen LogP contribution is -1.93. The van der Waals surface area contributed by atoms with E-state index in [0.717, 1.165) is 0 Å². The predicted molar refractivity (Wildman–Crippen MR) is 75.5 cm³/mol. The minimum atomic E-state index is -0.479. The fourth-order valence-corrected chi connectivity index (χ4v) is 1.68. The Bertz CT molecular complexity index is 668. The Morgan fingerprint density at radius 2 is 1.90 bits per heavy atom. The van der Waals surface area contributed by atoms with Crippen LogP contribution in [0.15, 0.2) is 47.6 Å². The molecule has 0 bridgehead atoms. The normalized spacial score (nSPS) is 10.5. The number of non-ortho nitro benzene ring substituents is 1. The van der Waals surface area contributed by atoms with Gasteiger partial charge in [-0.15, -0.1) is 0 Å². The molecule has 0 radical (unpaired) electrons. The number of hydrogen-bond acceptors (Lipinski definition) is 6. The third-order valence-electron chi connectivity index (χ3n) is 2.67. The van der Waals surface area contributed by atoms with Crippen LogP contribution in [-0.2, 0) is 0 Å². The van der Waals surface area contributed by atoms with Crippen LogP contribution in [0.25, 0.3) is 0 Å². The SMILES string of the molecule is COc1cc(/C=N/O)ccc1Oc1ccc([N+](=O)[O-])cc1. The van der Waals surface area contributed by atoms with E-state index in [1.54, 1.807) is 18.2 Å². The highest BCUT2D eigenvalue weighted by atomic mass is 16.6. The molecule has 21 heavy (non-hydrogen) atoms. The number of nitro groups is 1. The lowest BCUT2D eigenvalue weighted by Gasteiger charge is -2.10. The van der Waals surface area contributed by atoms with Crippen molar-refractivity contribution in [1.82, 2.24) is 0 Å². The molecule has 0 atom stereocenters. The van der Waals surface area contributed by atoms with Crippen molar-refractivity contribution in [2.75, 3.05) is 7.11 Å². The van der Waals surface area contributed by atoms with Gasteiger partial charge in [0.15, 0.2) is 11.5 Å². The second kappa shape index (κ2) is 6.38. The van der Waals surface area contributed by atoms with Gasteiger partial charge in [0.05, 0.1) is 18.2 Å². The fourth-order valence-electron chi connectivity index (χ4n) is 1.68. The Balaban J connectivity index is 2.24. The fraction of sp³-hybridized carbons (Fsp3) is 0.0714. The molecule has 0 aliphatic carbocycles. The van der Waals surface area contributed by atoms with E-state index in [2.05, 4.69) is 5.16 Å². The van der Waals surface area contributed by atoms with Crippen molar-refractivity contribution in [3.05, 3.63) is 58.1 Å². The molecule has 0 saturated heterocycles. The van der Waals surface area contributed by atoms with Crippen molar-refractivity contribution < 1.29 is 19.6 Å². The highest BCUT2D eigenvalue weighted by Crippen LogP contribution is 2.32. The number of methoxy groups -OCH3 is 1. The quantitative estimate of drug-likeness (QED) is 0.394. The smallest absolute Gasteiger partial charge is 0.269 e. The third kappa shape index (κ3) is 3.47. The molecule has 108 valence electrons. The van der Waals surface area contributed by atoms with Crippen LogP contribution in [0.5, 0.6) is 17.2 Å². The van der Waals surface area contributed by atoms with Crippen molar-refractivity contribution in [2.24, 2.45) is 5.16 Å². The predicted octanol–water partition coefficient (Wildman–Crippen LogP) is 3.20. The van der Waals surface area contributed by atoms with Crippen LogP contribution in [-0.4, -0.2) is 23.5 Å². The number of hydrogen-bond donors (Lipinski definition) is 1. The Hall–Kier alpha value is -3.09. The standard InChI is InChI=1S/C14H12N2O5/c1-20-14-8-10(9-15-17)2-7-13(14)21-12-5-3-11(4-6-12)16(18)19/h2-9,17H,1H3/b15-9+. The van der Waals surface area contributed by atoms with Crippen molar-refractivity contribution in [1.29, 1.82) is 0 Å². The van der Waals surface area contributed by atoms with Crippen molar-refractivity contribution in [2.45, 2.75) is 0 Å². The van der Waals surface area contributed by atoms with Gasteiger partial charge in [-0.1, -0.05) is 5.16 Å². The first-order chi connectivity index (χ1) is 10.1. The summed E-state index contributed by atoms with van der Waals surface area (Å²) in [6.07, 6.45) is 1.26. The van der Waals surface area contributed by atoms with Crippen LogP contribution < -0.4 is 9.47 Å². The van der Waals surface area contributed by atoms with Gasteiger partial charge in [-0.05, 0) is 30.3 Å². The molecule has 0 heterocycles. The van der Waals surface area contributed by atoms with Crippen LogP contribution in [0, 0.1) is 10.1 Å². The summed E-state index contributed by atoms with van der Waals surface area (Å²) >= 11 is 0. The van der Waals surface area contributed by atoms with Crippen molar-refractivity contribution in [3.63, 3.8) is 0 Å². The number of ether oxygens (including phenoxy) is 2. The Morgan fingerprint density at radius 3 is 2.48 bits per heavy atom. The van der Waals surface area contributed by atoms with Crippen LogP contribution in [0.1, 0.15) is 5.56 Å². The number of benzene rings is 2. The monoisotopic (exact) mass is 288 g/mol. The van der Waals surface area contributed by atoms with E-state index in [1.165, 1.54) is 37.6 Å². The number of rotatable bonds is 5. The number of nitro benzene ring substituents is 1. The lowest BCUT2D eigenvalue weighted by atomic mass is 10.2. The molecule has 0 aromatic heterocycles. The van der Waals surface area contributed by atoms with Crippen LogP contribution in [0.3, 0.4) is 0 Å². The van der Waals surface area contributed by atoms with Crippen molar-refractivity contribution >= 4 is 11.9 Å². The maximum Gasteiger partial charge on any atom is 0.269 e. The van der Waals surface area contributed by atoms with Gasteiger partial charge >= 0.3 is 0 Å². The zero-order valence-electron chi connectivity index (χ0n) is 11.1. The Labute approximate surface area is 120 Å². The van der Waals surface area contributed by atoms with Gasteiger partial charge < -0.3 is 14.7 Å². The summed E-state index contributed by atoms with van der Waals surface area (Å²) in [5, 5.41) is 22.0. The van der Waals surface area contributed by atoms with E-state index in [4.69, 9.17) is 14.7 Å². The molecule has 2 aromatic carbocycles. The Morgan fingerprint density at radius 1 is 1.19 bits per heavy atom. The van der Waals surface area contributed by atoms with Gasteiger partial charge in [-0.25, -0.2) is 0 Å². The van der Waals surface area contributed by atoms with Crippen LogP contribution >= 0.6 is 0 Å². The van der Waals surface area contributed by atoms with Gasteiger partial charge in [-0.3, -0.25) is 10.1 Å². The molecule has 0 aliphatic heterocycles. The van der Waals surface area contributed by atoms with Gasteiger partial charge in [0.25, 0.3) is 5.69 Å². The third-order valence-corrected chi connectivity index (χ3v) is 2.67. The first kappa shape index (κ1) is 14.3. The molecule has 0 unspecified atom stereocenters. The van der Waals surface area contributed by atoms with Gasteiger partial charge in [-0.2, -0.15) is 0 Å². The van der Waals surface area contributed by atoms with E-state index in [0.29, 0.717) is 22.8 Å². The topological polar surface area (TPSA) is 94.2 Å². The van der Waals surface area contributed by atoms with E-state index < -0.39 is 4.92 Å². The largest absolute Gasteiger partial charge is 0.493 e. The number of oxime groups is 1. The highest BCUT2D eigenvalue weighted by Gasteiger charge is 2.09. The number of nitrogens with zero attached hydrogens (tertiary/aromatic N) is 2. The lowest BCUT2D eigenvalue weighted by molar-refractivity contribution is -0.384. The van der Waals surface area contributed by atoms with Crippen LogP contribution in [0.4, 0.5) is 5.69 Å². The molecular weight excluding hydrogens is 276 g/mol. The Kier molecular flexibility index (Phi) is 4.35. The van der Waals surface area contributed by atoms with E-state index >= 15 is 0 Å². The van der Waals surface area contributed by atoms with Gasteiger partial charge in [0, 0.05) is 17.7 Å². The molecule has 7 nitrogen and oxygen atoms in total. The summed E-state index contributed by atoms with van der Waals surface area (Å²) in [7, 11) is 1.48. The van der Waals surface area contributed by atoms with Gasteiger partial charge in [0.1, 0.15) is 5.75 Å². The molecule has 7 heteroatoms. The molecule has 0 amide bonds. The van der Waals surface area contributed by atoms with Crippen molar-refractivity contribution in [3.8, 4) is 17.2 Å². The molecule has 2 rings (SSSR count). The molecule has 0 aliphatic rings. The first-order valence-electron chi connectivity index (χ1n) is 5.92. The van der Waals surface area contributed by atoms with Crippen LogP contribution in [0.2, 0.25) is 0 Å². The maximum absolute atomic E-state index is 10.6. The molecular formula is C14H12N2O5. The average Bonchev–Trinajstić information content (AvgIpc) is 2.49. The summed E-state index contributed by atoms with van der Waals surface area (Å²) in [5.74, 6) is 1.34. The summed E-state index contributed by atoms with van der Waals surface area (Å²) in [6, 6.07) is 10.7. The summed E-state index contributed by atoms with van der Waals surface area (Å²) < 4.78 is 10.8. The average molecular weight is 288 g/mol.